The molecule has 1 fully saturated rings. The maximum atomic E-state index is 12.2. The summed E-state index contributed by atoms with van der Waals surface area (Å²) in [6.45, 7) is 2.74. The third-order valence-corrected chi connectivity index (χ3v) is 5.55. The molecule has 1 saturated carbocycles. The molecule has 1 aromatic carbocycles. The molecule has 1 aliphatic rings. The highest BCUT2D eigenvalue weighted by Gasteiger charge is 2.38. The zero-order chi connectivity index (χ0) is 14.4. The molecule has 0 bridgehead atoms. The fraction of sp³-hybridized carbons (Fsp3) is 0.562. The lowest BCUT2D eigenvalue weighted by Crippen LogP contribution is -2.54. The molecule has 1 unspecified atom stereocenters. The number of primary amides is 1. The lowest BCUT2D eigenvalue weighted by atomic mass is 9.91. The molecule has 1 atom stereocenters. The third kappa shape index (κ3) is 3.36. The number of likely N-dealkylation sites (N-methyl/N-ethyl adjacent to an activating group) is 1. The van der Waals surface area contributed by atoms with Gasteiger partial charge in [0.15, 0.2) is 0 Å². The molecule has 3 nitrogen and oxygen atoms in total. The largest absolute Gasteiger partial charge is 0.368 e. The highest BCUT2D eigenvalue weighted by Crippen LogP contribution is 2.34. The molecule has 1 aliphatic carbocycles. The van der Waals surface area contributed by atoms with Gasteiger partial charge in [-0.05, 0) is 24.9 Å². The first-order valence-electron chi connectivity index (χ1n) is 7.41. The first kappa shape index (κ1) is 15.4. The Hall–Kier alpha value is -1.00. The third-order valence-electron chi connectivity index (χ3n) is 4.00. The Morgan fingerprint density at radius 1 is 1.35 bits per heavy atom. The molecule has 20 heavy (non-hydrogen) atoms. The molecule has 2 rings (SSSR count). The molecule has 4 heteroatoms. The lowest BCUT2D eigenvalue weighted by Gasteiger charge is -2.32. The van der Waals surface area contributed by atoms with Crippen molar-refractivity contribution < 1.29 is 4.79 Å². The van der Waals surface area contributed by atoms with Crippen LogP contribution in [0.3, 0.4) is 0 Å². The van der Waals surface area contributed by atoms with E-state index in [2.05, 4.69) is 5.32 Å². The van der Waals surface area contributed by atoms with Gasteiger partial charge in [-0.2, -0.15) is 11.8 Å². The molecule has 3 N–H and O–H groups in total. The number of carbonyl (C=O) groups excluding carboxylic acids is 1. The molecular weight excluding hydrogens is 268 g/mol. The van der Waals surface area contributed by atoms with Crippen LogP contribution in [0.2, 0.25) is 0 Å². The first-order chi connectivity index (χ1) is 9.69. The van der Waals surface area contributed by atoms with Crippen molar-refractivity contribution in [2.75, 3.05) is 12.3 Å². The number of hydrogen-bond donors (Lipinski definition) is 2. The number of amides is 1. The van der Waals surface area contributed by atoms with E-state index in [1.54, 1.807) is 0 Å². The van der Waals surface area contributed by atoms with Crippen molar-refractivity contribution in [2.45, 2.75) is 43.4 Å². The van der Waals surface area contributed by atoms with E-state index in [0.29, 0.717) is 11.0 Å². The summed E-state index contributed by atoms with van der Waals surface area (Å²) in [6.07, 6.45) is 5.16. The SMILES string of the molecule is CCNC(CSC1CCCC1)(C(N)=O)c1ccccc1. The van der Waals surface area contributed by atoms with Crippen molar-refractivity contribution in [1.29, 1.82) is 0 Å². The first-order valence-corrected chi connectivity index (χ1v) is 8.46. The topological polar surface area (TPSA) is 55.1 Å². The molecule has 0 saturated heterocycles. The minimum atomic E-state index is -0.747. The second-order valence-electron chi connectivity index (χ2n) is 5.38. The van der Waals surface area contributed by atoms with Gasteiger partial charge in [-0.15, -0.1) is 0 Å². The maximum Gasteiger partial charge on any atom is 0.243 e. The van der Waals surface area contributed by atoms with Crippen molar-refractivity contribution in [2.24, 2.45) is 5.73 Å². The minimum Gasteiger partial charge on any atom is -0.368 e. The van der Waals surface area contributed by atoms with Crippen LogP contribution in [-0.2, 0) is 10.3 Å². The molecule has 0 heterocycles. The maximum absolute atomic E-state index is 12.2. The van der Waals surface area contributed by atoms with Gasteiger partial charge in [0.05, 0.1) is 0 Å². The Morgan fingerprint density at radius 2 is 2.00 bits per heavy atom. The normalized spacial score (nSPS) is 18.9. The van der Waals surface area contributed by atoms with Gasteiger partial charge in [0.2, 0.25) is 5.91 Å². The molecule has 110 valence electrons. The van der Waals surface area contributed by atoms with Crippen molar-refractivity contribution >= 4 is 17.7 Å². The van der Waals surface area contributed by atoms with Crippen LogP contribution in [0.1, 0.15) is 38.2 Å². The molecule has 0 radical (unpaired) electrons. The molecule has 0 aliphatic heterocycles. The predicted octanol–water partition coefficient (Wildman–Crippen LogP) is 2.65. The van der Waals surface area contributed by atoms with Gasteiger partial charge in [0.1, 0.15) is 5.54 Å². The van der Waals surface area contributed by atoms with Crippen LogP contribution >= 0.6 is 11.8 Å². The second kappa shape index (κ2) is 7.14. The van der Waals surface area contributed by atoms with Gasteiger partial charge in [0, 0.05) is 11.0 Å². The fourth-order valence-corrected chi connectivity index (χ4v) is 4.42. The van der Waals surface area contributed by atoms with Crippen LogP contribution in [0.5, 0.6) is 0 Å². The number of nitrogens with two attached hydrogens (primary N) is 1. The fourth-order valence-electron chi connectivity index (χ4n) is 2.86. The average Bonchev–Trinajstić information content (AvgIpc) is 2.97. The van der Waals surface area contributed by atoms with Crippen molar-refractivity contribution in [3.05, 3.63) is 35.9 Å². The number of carbonyl (C=O) groups is 1. The van der Waals surface area contributed by atoms with Gasteiger partial charge in [-0.1, -0.05) is 50.1 Å². The zero-order valence-corrected chi connectivity index (χ0v) is 12.9. The van der Waals surface area contributed by atoms with Crippen molar-refractivity contribution in [3.63, 3.8) is 0 Å². The minimum absolute atomic E-state index is 0.281. The van der Waals surface area contributed by atoms with Crippen LogP contribution in [-0.4, -0.2) is 23.5 Å². The van der Waals surface area contributed by atoms with Gasteiger partial charge >= 0.3 is 0 Å². The summed E-state index contributed by atoms with van der Waals surface area (Å²) in [5.74, 6) is 0.432. The van der Waals surface area contributed by atoms with E-state index in [9.17, 15) is 4.79 Å². The van der Waals surface area contributed by atoms with Gasteiger partial charge in [-0.3, -0.25) is 10.1 Å². The standard InChI is InChI=1S/C16H24N2OS/c1-2-18-16(15(17)19,13-8-4-3-5-9-13)12-20-14-10-6-7-11-14/h3-5,8-9,14,18H,2,6-7,10-12H2,1H3,(H2,17,19). The monoisotopic (exact) mass is 292 g/mol. The van der Waals surface area contributed by atoms with E-state index >= 15 is 0 Å². The summed E-state index contributed by atoms with van der Waals surface area (Å²) in [6, 6.07) is 9.87. The van der Waals surface area contributed by atoms with Crippen molar-refractivity contribution in [3.8, 4) is 0 Å². The van der Waals surface area contributed by atoms with Crippen LogP contribution in [0, 0.1) is 0 Å². The van der Waals surface area contributed by atoms with Crippen LogP contribution < -0.4 is 11.1 Å². The quantitative estimate of drug-likeness (QED) is 0.812. The van der Waals surface area contributed by atoms with E-state index in [1.165, 1.54) is 25.7 Å². The summed E-state index contributed by atoms with van der Waals surface area (Å²) in [5.41, 5.74) is 5.99. The van der Waals surface area contributed by atoms with E-state index < -0.39 is 5.54 Å². The van der Waals surface area contributed by atoms with E-state index in [1.807, 2.05) is 49.0 Å². The smallest absolute Gasteiger partial charge is 0.243 e. The Labute approximate surface area is 125 Å². The number of rotatable bonds is 7. The summed E-state index contributed by atoms with van der Waals surface area (Å²) in [7, 11) is 0. The van der Waals surface area contributed by atoms with Gasteiger partial charge in [0.25, 0.3) is 0 Å². The second-order valence-corrected chi connectivity index (χ2v) is 6.67. The Kier molecular flexibility index (Phi) is 5.49. The van der Waals surface area contributed by atoms with Crippen LogP contribution in [0.4, 0.5) is 0 Å². The Balaban J connectivity index is 2.19. The summed E-state index contributed by atoms with van der Waals surface area (Å²) in [4.78, 5) is 12.2. The molecular formula is C16H24N2OS. The number of thioether (sulfide) groups is 1. The lowest BCUT2D eigenvalue weighted by molar-refractivity contribution is -0.123. The molecule has 0 aromatic heterocycles. The van der Waals surface area contributed by atoms with Crippen LogP contribution in [0.15, 0.2) is 30.3 Å². The van der Waals surface area contributed by atoms with Crippen molar-refractivity contribution in [1.82, 2.24) is 5.32 Å². The Bertz CT molecular complexity index is 431. The zero-order valence-electron chi connectivity index (χ0n) is 12.1. The molecule has 1 aromatic rings. The van der Waals surface area contributed by atoms with E-state index in [4.69, 9.17) is 5.73 Å². The highest BCUT2D eigenvalue weighted by molar-refractivity contribution is 8.00. The van der Waals surface area contributed by atoms with E-state index in [0.717, 1.165) is 12.1 Å². The average molecular weight is 292 g/mol. The molecule has 1 amide bonds. The summed E-state index contributed by atoms with van der Waals surface area (Å²) >= 11 is 1.89. The molecule has 0 spiro atoms. The van der Waals surface area contributed by atoms with Gasteiger partial charge < -0.3 is 5.73 Å². The number of hydrogen-bond acceptors (Lipinski definition) is 3. The highest BCUT2D eigenvalue weighted by atomic mass is 32.2. The number of benzene rings is 1. The number of nitrogens with one attached hydrogen (secondary N) is 1. The Morgan fingerprint density at radius 3 is 2.55 bits per heavy atom. The van der Waals surface area contributed by atoms with E-state index in [-0.39, 0.29) is 5.91 Å². The summed E-state index contributed by atoms with van der Waals surface area (Å²) < 4.78 is 0. The predicted molar refractivity (Wildman–Crippen MR) is 85.7 cm³/mol. The van der Waals surface area contributed by atoms with Gasteiger partial charge in [-0.25, -0.2) is 0 Å². The van der Waals surface area contributed by atoms with Crippen LogP contribution in [0.25, 0.3) is 0 Å². The summed E-state index contributed by atoms with van der Waals surface area (Å²) in [5, 5.41) is 4.02.